The molecule has 3 aromatic rings. The van der Waals surface area contributed by atoms with E-state index >= 15 is 0 Å². The predicted octanol–water partition coefficient (Wildman–Crippen LogP) is 3.30. The molecule has 2 heterocycles. The van der Waals surface area contributed by atoms with Crippen LogP contribution in [0.4, 0.5) is 0 Å². The minimum atomic E-state index is -0.459. The van der Waals surface area contributed by atoms with Crippen LogP contribution in [-0.4, -0.2) is 30.2 Å². The van der Waals surface area contributed by atoms with Gasteiger partial charge in [0, 0.05) is 5.69 Å². The number of oxazole rings is 1. The molecule has 0 N–H and O–H groups in total. The highest BCUT2D eigenvalue weighted by molar-refractivity contribution is 6.02. The summed E-state index contributed by atoms with van der Waals surface area (Å²) in [5.74, 6) is 0.401. The average Bonchev–Trinajstić information content (AvgIpc) is 3.00. The second-order valence-electron chi connectivity index (χ2n) is 5.12. The zero-order chi connectivity index (χ0) is 16.6. The number of ether oxygens (including phenoxy) is 2. The maximum atomic E-state index is 11.9. The summed E-state index contributed by atoms with van der Waals surface area (Å²) >= 11 is 0. The Hall–Kier alpha value is -2.89. The lowest BCUT2D eigenvalue weighted by atomic mass is 10.1. The largest absolute Gasteiger partial charge is 0.494 e. The van der Waals surface area contributed by atoms with Crippen molar-refractivity contribution in [3.8, 4) is 17.3 Å². The second-order valence-corrected chi connectivity index (χ2v) is 5.12. The minimum Gasteiger partial charge on any atom is -0.494 e. The van der Waals surface area contributed by atoms with E-state index in [1.54, 1.807) is 25.3 Å². The van der Waals surface area contributed by atoms with Crippen LogP contribution in [0.1, 0.15) is 21.6 Å². The third kappa shape index (κ3) is 2.52. The first kappa shape index (κ1) is 15.0. The first-order valence-corrected chi connectivity index (χ1v) is 7.05. The van der Waals surface area contributed by atoms with Crippen LogP contribution in [0, 0.1) is 13.8 Å². The predicted molar refractivity (Wildman–Crippen MR) is 84.6 cm³/mol. The molecule has 0 radical (unpaired) electrons. The van der Waals surface area contributed by atoms with Crippen molar-refractivity contribution >= 4 is 17.1 Å². The van der Waals surface area contributed by atoms with E-state index < -0.39 is 5.97 Å². The van der Waals surface area contributed by atoms with Crippen LogP contribution in [0.2, 0.25) is 0 Å². The summed E-state index contributed by atoms with van der Waals surface area (Å²) < 4.78 is 16.0. The van der Waals surface area contributed by atoms with Crippen molar-refractivity contribution in [1.29, 1.82) is 0 Å². The number of aryl methyl sites for hydroxylation is 2. The summed E-state index contributed by atoms with van der Waals surface area (Å²) in [6, 6.07) is 7.12. The summed E-state index contributed by atoms with van der Waals surface area (Å²) in [6.45, 7) is 3.76. The molecule has 0 saturated heterocycles. The van der Waals surface area contributed by atoms with Crippen LogP contribution < -0.4 is 4.74 Å². The number of hydrogen-bond donors (Lipinski definition) is 0. The van der Waals surface area contributed by atoms with Crippen LogP contribution in [0.5, 0.6) is 5.75 Å². The standard InChI is InChI=1S/C17H16N2O4/c1-9-5-7-11(17(20)22-4)13-15(9)23-16(19-13)14-12(21-3)8-6-10(2)18-14/h5-8H,1-4H3. The highest BCUT2D eigenvalue weighted by Gasteiger charge is 2.21. The van der Waals surface area contributed by atoms with Crippen molar-refractivity contribution in [1.82, 2.24) is 9.97 Å². The van der Waals surface area contributed by atoms with Gasteiger partial charge in [0.25, 0.3) is 0 Å². The van der Waals surface area contributed by atoms with Gasteiger partial charge in [-0.3, -0.25) is 0 Å². The lowest BCUT2D eigenvalue weighted by Gasteiger charge is -2.04. The Bertz CT molecular complexity index is 899. The van der Waals surface area contributed by atoms with Crippen molar-refractivity contribution in [2.75, 3.05) is 14.2 Å². The molecule has 6 nitrogen and oxygen atoms in total. The van der Waals surface area contributed by atoms with Gasteiger partial charge >= 0.3 is 5.97 Å². The van der Waals surface area contributed by atoms with Crippen molar-refractivity contribution < 1.29 is 18.7 Å². The fraction of sp³-hybridized carbons (Fsp3) is 0.235. The van der Waals surface area contributed by atoms with Gasteiger partial charge in [0.1, 0.15) is 11.3 Å². The Kier molecular flexibility index (Phi) is 3.73. The minimum absolute atomic E-state index is 0.306. The van der Waals surface area contributed by atoms with E-state index in [4.69, 9.17) is 13.9 Å². The smallest absolute Gasteiger partial charge is 0.340 e. The van der Waals surface area contributed by atoms with E-state index in [2.05, 4.69) is 9.97 Å². The number of benzene rings is 1. The molecule has 6 heteroatoms. The molecule has 23 heavy (non-hydrogen) atoms. The molecule has 0 saturated carbocycles. The van der Waals surface area contributed by atoms with Crippen LogP contribution in [0.15, 0.2) is 28.7 Å². The van der Waals surface area contributed by atoms with Gasteiger partial charge in [-0.2, -0.15) is 0 Å². The van der Waals surface area contributed by atoms with E-state index in [0.29, 0.717) is 34.0 Å². The zero-order valence-corrected chi connectivity index (χ0v) is 13.3. The molecule has 1 aromatic carbocycles. The molecule has 0 spiro atoms. The SMILES string of the molecule is COC(=O)c1ccc(C)c2oc(-c3nc(C)ccc3OC)nc12. The molecule has 0 atom stereocenters. The molecule has 0 aliphatic heterocycles. The maximum absolute atomic E-state index is 11.9. The fourth-order valence-electron chi connectivity index (χ4n) is 2.37. The van der Waals surface area contributed by atoms with E-state index in [1.807, 2.05) is 19.9 Å². The van der Waals surface area contributed by atoms with Gasteiger partial charge in [-0.05, 0) is 37.6 Å². The number of pyridine rings is 1. The fourth-order valence-corrected chi connectivity index (χ4v) is 2.37. The number of esters is 1. The number of carbonyl (C=O) groups excluding carboxylic acids is 1. The summed E-state index contributed by atoms with van der Waals surface area (Å²) in [7, 11) is 2.89. The molecule has 0 bridgehead atoms. The summed E-state index contributed by atoms with van der Waals surface area (Å²) in [6.07, 6.45) is 0. The Morgan fingerprint density at radius 2 is 1.87 bits per heavy atom. The number of methoxy groups -OCH3 is 2. The number of nitrogens with zero attached hydrogens (tertiary/aromatic N) is 2. The van der Waals surface area contributed by atoms with Gasteiger partial charge in [0.05, 0.1) is 19.8 Å². The van der Waals surface area contributed by atoms with Crippen LogP contribution in [0.3, 0.4) is 0 Å². The van der Waals surface area contributed by atoms with Crippen molar-refractivity contribution in [2.24, 2.45) is 0 Å². The van der Waals surface area contributed by atoms with Crippen LogP contribution >= 0.6 is 0 Å². The number of aromatic nitrogens is 2. The third-order valence-corrected chi connectivity index (χ3v) is 3.57. The second kappa shape index (κ2) is 5.72. The number of rotatable bonds is 3. The van der Waals surface area contributed by atoms with Crippen molar-refractivity contribution in [2.45, 2.75) is 13.8 Å². The molecule has 0 fully saturated rings. The lowest BCUT2D eigenvalue weighted by Crippen LogP contribution is -2.02. The normalized spacial score (nSPS) is 10.8. The number of hydrogen-bond acceptors (Lipinski definition) is 6. The number of carbonyl (C=O) groups is 1. The van der Waals surface area contributed by atoms with E-state index in [9.17, 15) is 4.79 Å². The quantitative estimate of drug-likeness (QED) is 0.691. The first-order chi connectivity index (χ1) is 11.0. The highest BCUT2D eigenvalue weighted by Crippen LogP contribution is 2.32. The molecule has 0 aliphatic carbocycles. The van der Waals surface area contributed by atoms with Gasteiger partial charge in [0.15, 0.2) is 11.3 Å². The van der Waals surface area contributed by atoms with Crippen molar-refractivity contribution in [3.63, 3.8) is 0 Å². The molecule has 118 valence electrons. The summed E-state index contributed by atoms with van der Waals surface area (Å²) in [5, 5.41) is 0. The van der Waals surface area contributed by atoms with E-state index in [-0.39, 0.29) is 0 Å². The summed E-state index contributed by atoms with van der Waals surface area (Å²) in [5.41, 5.74) is 3.53. The number of fused-ring (bicyclic) bond motifs is 1. The van der Waals surface area contributed by atoms with E-state index in [0.717, 1.165) is 11.3 Å². The van der Waals surface area contributed by atoms with Gasteiger partial charge < -0.3 is 13.9 Å². The van der Waals surface area contributed by atoms with Gasteiger partial charge in [0.2, 0.25) is 5.89 Å². The molecule has 2 aromatic heterocycles. The Morgan fingerprint density at radius 1 is 1.09 bits per heavy atom. The van der Waals surface area contributed by atoms with Crippen molar-refractivity contribution in [3.05, 3.63) is 41.1 Å². The third-order valence-electron chi connectivity index (χ3n) is 3.57. The van der Waals surface area contributed by atoms with Gasteiger partial charge in [-0.15, -0.1) is 0 Å². The van der Waals surface area contributed by atoms with Gasteiger partial charge in [-0.25, -0.2) is 14.8 Å². The van der Waals surface area contributed by atoms with E-state index in [1.165, 1.54) is 7.11 Å². The lowest BCUT2D eigenvalue weighted by molar-refractivity contribution is 0.0602. The first-order valence-electron chi connectivity index (χ1n) is 7.05. The highest BCUT2D eigenvalue weighted by atomic mass is 16.5. The molecule has 0 aliphatic rings. The molecule has 0 amide bonds. The monoisotopic (exact) mass is 312 g/mol. The average molecular weight is 312 g/mol. The van der Waals surface area contributed by atoms with Crippen LogP contribution in [-0.2, 0) is 4.74 Å². The topological polar surface area (TPSA) is 74.5 Å². The zero-order valence-electron chi connectivity index (χ0n) is 13.3. The Labute approximate surface area is 133 Å². The maximum Gasteiger partial charge on any atom is 0.340 e. The molecular weight excluding hydrogens is 296 g/mol. The van der Waals surface area contributed by atoms with Gasteiger partial charge in [-0.1, -0.05) is 6.07 Å². The Balaban J connectivity index is 2.27. The molecule has 0 unspecified atom stereocenters. The van der Waals surface area contributed by atoms with Crippen LogP contribution in [0.25, 0.3) is 22.7 Å². The molecule has 3 rings (SSSR count). The Morgan fingerprint density at radius 3 is 2.57 bits per heavy atom. The summed E-state index contributed by atoms with van der Waals surface area (Å²) in [4.78, 5) is 20.8. The molecular formula is C17H16N2O4.